The summed E-state index contributed by atoms with van der Waals surface area (Å²) in [5, 5.41) is 12.6. The van der Waals surface area contributed by atoms with Crippen LogP contribution in [0.2, 0.25) is 0 Å². The fourth-order valence-corrected chi connectivity index (χ4v) is 1.78. The Kier molecular flexibility index (Phi) is 6.12. The molecule has 0 atom stereocenters. The molecule has 0 spiro atoms. The van der Waals surface area contributed by atoms with E-state index in [1.165, 1.54) is 16.2 Å². The van der Waals surface area contributed by atoms with Crippen LogP contribution in [-0.4, -0.2) is 18.2 Å². The predicted molar refractivity (Wildman–Crippen MR) is 66.7 cm³/mol. The van der Waals surface area contributed by atoms with Gasteiger partial charge in [0, 0.05) is 13.1 Å². The first-order valence-electron chi connectivity index (χ1n) is 6.20. The molecule has 0 unspecified atom stereocenters. The first kappa shape index (κ1) is 13.2. The third-order valence-electron chi connectivity index (χ3n) is 2.88. The lowest BCUT2D eigenvalue weighted by Gasteiger charge is -2.11. The van der Waals surface area contributed by atoms with Crippen LogP contribution in [0.5, 0.6) is 0 Å². The Balaban J connectivity index is 2.23. The molecule has 0 heterocycles. The van der Waals surface area contributed by atoms with Crippen LogP contribution in [0.1, 0.15) is 37.3 Å². The zero-order valence-corrected chi connectivity index (χ0v) is 10.4. The number of benzene rings is 1. The molecule has 0 aliphatic rings. The predicted octanol–water partition coefficient (Wildman–Crippen LogP) is 3.38. The largest absolute Gasteiger partial charge is 0.155 e. The van der Waals surface area contributed by atoms with Gasteiger partial charge in [-0.15, -0.1) is 5.21 Å². The third kappa shape index (κ3) is 4.77. The van der Waals surface area contributed by atoms with Crippen LogP contribution in [0.15, 0.2) is 24.3 Å². The van der Waals surface area contributed by atoms with Crippen LogP contribution in [0.4, 0.5) is 0 Å². The van der Waals surface area contributed by atoms with Gasteiger partial charge in [-0.2, -0.15) is 5.06 Å². The summed E-state index contributed by atoms with van der Waals surface area (Å²) in [4.78, 5) is 0. The van der Waals surface area contributed by atoms with Crippen LogP contribution in [-0.2, 0) is 11.6 Å². The molecule has 2 nitrogen and oxygen atoms in total. The maximum atomic E-state index is 11.4. The number of hydrogen-bond acceptors (Lipinski definition) is 1. The Morgan fingerprint density at radius 1 is 1.12 bits per heavy atom. The van der Waals surface area contributed by atoms with Gasteiger partial charge in [-0.05, 0) is 37.3 Å². The number of hydrogen-bond donors (Lipinski definition) is 0. The maximum Gasteiger partial charge on any atom is 0.0274 e. The lowest BCUT2D eigenvalue weighted by Crippen LogP contribution is -2.20. The molecule has 89 valence electrons. The van der Waals surface area contributed by atoms with Crippen LogP contribution in [0.3, 0.4) is 0 Å². The number of rotatable bonds is 7. The van der Waals surface area contributed by atoms with E-state index in [-0.39, 0.29) is 0 Å². The Labute approximate surface area is 98.9 Å². The van der Waals surface area contributed by atoms with Gasteiger partial charge >= 0.3 is 0 Å². The van der Waals surface area contributed by atoms with Gasteiger partial charge in [-0.25, -0.2) is 0 Å². The molecule has 0 fully saturated rings. The summed E-state index contributed by atoms with van der Waals surface area (Å²) < 4.78 is 0. The van der Waals surface area contributed by atoms with Crippen molar-refractivity contribution in [3.63, 3.8) is 0 Å². The molecular formula is C14H22NO. The molecule has 16 heavy (non-hydrogen) atoms. The van der Waals surface area contributed by atoms with Crippen molar-refractivity contribution in [1.29, 1.82) is 0 Å². The van der Waals surface area contributed by atoms with Gasteiger partial charge in [0.05, 0.1) is 0 Å². The van der Waals surface area contributed by atoms with Crippen molar-refractivity contribution in [2.75, 3.05) is 13.1 Å². The van der Waals surface area contributed by atoms with Crippen LogP contribution in [0, 0.1) is 6.92 Å². The zero-order valence-electron chi connectivity index (χ0n) is 10.4. The lowest BCUT2D eigenvalue weighted by atomic mass is 10.0. The van der Waals surface area contributed by atoms with Crippen molar-refractivity contribution >= 4 is 0 Å². The van der Waals surface area contributed by atoms with E-state index in [0.717, 1.165) is 25.7 Å². The van der Waals surface area contributed by atoms with E-state index in [2.05, 4.69) is 38.1 Å². The molecule has 0 bridgehead atoms. The van der Waals surface area contributed by atoms with Crippen LogP contribution in [0.25, 0.3) is 0 Å². The molecule has 1 rings (SSSR count). The minimum Gasteiger partial charge on any atom is -0.155 e. The highest BCUT2D eigenvalue weighted by molar-refractivity contribution is 5.25. The average Bonchev–Trinajstić information content (AvgIpc) is 2.29. The first-order chi connectivity index (χ1) is 7.74. The smallest absolute Gasteiger partial charge is 0.0274 e. The van der Waals surface area contributed by atoms with Gasteiger partial charge in [-0.1, -0.05) is 37.6 Å². The molecule has 0 N–H and O–H groups in total. The third-order valence-corrected chi connectivity index (χ3v) is 2.88. The van der Waals surface area contributed by atoms with E-state index in [4.69, 9.17) is 0 Å². The standard InChI is InChI=1S/C14H22NO/c1-3-4-11-15(16)12-7-10-14-9-6-5-8-13(14)2/h5-6,8-9H,3-4,7,10-12H2,1-2H3. The molecule has 1 aromatic carbocycles. The summed E-state index contributed by atoms with van der Waals surface area (Å²) in [5.74, 6) is 0. The lowest BCUT2D eigenvalue weighted by molar-refractivity contribution is -0.157. The van der Waals surface area contributed by atoms with E-state index in [0.29, 0.717) is 13.1 Å². The first-order valence-corrected chi connectivity index (χ1v) is 6.20. The molecule has 0 saturated carbocycles. The Hall–Kier alpha value is -0.860. The van der Waals surface area contributed by atoms with Gasteiger partial charge in [0.1, 0.15) is 0 Å². The minimum absolute atomic E-state index is 0.661. The van der Waals surface area contributed by atoms with Gasteiger partial charge in [0.15, 0.2) is 0 Å². The quantitative estimate of drug-likeness (QED) is 0.646. The van der Waals surface area contributed by atoms with Crippen molar-refractivity contribution in [3.8, 4) is 0 Å². The van der Waals surface area contributed by atoms with E-state index in [9.17, 15) is 5.21 Å². The topological polar surface area (TPSA) is 23.1 Å². The summed E-state index contributed by atoms with van der Waals surface area (Å²) in [5.41, 5.74) is 2.69. The summed E-state index contributed by atoms with van der Waals surface area (Å²) in [7, 11) is 0. The molecule has 0 aliphatic heterocycles. The molecule has 0 amide bonds. The van der Waals surface area contributed by atoms with Gasteiger partial charge in [0.25, 0.3) is 0 Å². The summed E-state index contributed by atoms with van der Waals surface area (Å²) in [6, 6.07) is 8.40. The van der Waals surface area contributed by atoms with Gasteiger partial charge < -0.3 is 0 Å². The van der Waals surface area contributed by atoms with E-state index < -0.39 is 0 Å². The number of nitrogens with zero attached hydrogens (tertiary/aromatic N) is 1. The molecule has 1 aromatic rings. The SMILES string of the molecule is CCCCN([O])CCCc1ccccc1C. The second-order valence-electron chi connectivity index (χ2n) is 4.31. The molecule has 1 radical (unpaired) electrons. The summed E-state index contributed by atoms with van der Waals surface area (Å²) in [6.45, 7) is 5.58. The van der Waals surface area contributed by atoms with E-state index in [1.807, 2.05) is 0 Å². The highest BCUT2D eigenvalue weighted by Crippen LogP contribution is 2.09. The molecule has 0 aliphatic carbocycles. The Morgan fingerprint density at radius 2 is 1.81 bits per heavy atom. The van der Waals surface area contributed by atoms with Crippen molar-refractivity contribution < 1.29 is 5.21 Å². The monoisotopic (exact) mass is 220 g/mol. The number of aryl methyl sites for hydroxylation is 2. The molecular weight excluding hydrogens is 198 g/mol. The minimum atomic E-state index is 0.661. The number of unbranched alkanes of at least 4 members (excludes halogenated alkanes) is 1. The van der Waals surface area contributed by atoms with Crippen molar-refractivity contribution in [2.24, 2.45) is 0 Å². The maximum absolute atomic E-state index is 11.4. The highest BCUT2D eigenvalue weighted by Gasteiger charge is 2.02. The van der Waals surface area contributed by atoms with Crippen molar-refractivity contribution in [1.82, 2.24) is 5.06 Å². The van der Waals surface area contributed by atoms with Crippen molar-refractivity contribution in [2.45, 2.75) is 39.5 Å². The van der Waals surface area contributed by atoms with Gasteiger partial charge in [-0.3, -0.25) is 0 Å². The molecule has 2 heteroatoms. The van der Waals surface area contributed by atoms with Crippen LogP contribution < -0.4 is 0 Å². The second kappa shape index (κ2) is 7.42. The van der Waals surface area contributed by atoms with E-state index >= 15 is 0 Å². The summed E-state index contributed by atoms with van der Waals surface area (Å²) >= 11 is 0. The highest BCUT2D eigenvalue weighted by atomic mass is 16.5. The fraction of sp³-hybridized carbons (Fsp3) is 0.571. The Morgan fingerprint density at radius 3 is 2.50 bits per heavy atom. The average molecular weight is 220 g/mol. The molecule has 0 saturated heterocycles. The fourth-order valence-electron chi connectivity index (χ4n) is 1.78. The van der Waals surface area contributed by atoms with Crippen LogP contribution >= 0.6 is 0 Å². The summed E-state index contributed by atoms with van der Waals surface area (Å²) in [6.07, 6.45) is 4.07. The molecule has 0 aromatic heterocycles. The van der Waals surface area contributed by atoms with Crippen molar-refractivity contribution in [3.05, 3.63) is 35.4 Å². The Bertz CT molecular complexity index is 299. The normalized spacial score (nSPS) is 11.0. The van der Waals surface area contributed by atoms with E-state index in [1.54, 1.807) is 0 Å². The van der Waals surface area contributed by atoms with Gasteiger partial charge in [0.2, 0.25) is 0 Å². The second-order valence-corrected chi connectivity index (χ2v) is 4.31. The number of hydroxylamine groups is 2. The zero-order chi connectivity index (χ0) is 11.8.